The van der Waals surface area contributed by atoms with Crippen LogP contribution in [0.1, 0.15) is 63.3 Å². The maximum absolute atomic E-state index is 12.9. The molecule has 0 aromatic heterocycles. The van der Waals surface area contributed by atoms with Crippen molar-refractivity contribution < 1.29 is 4.79 Å². The maximum Gasteiger partial charge on any atom is 0.224 e. The van der Waals surface area contributed by atoms with Gasteiger partial charge in [0.2, 0.25) is 5.91 Å². The number of carbonyl (C=O) groups is 1. The average molecular weight is 413 g/mol. The molecule has 1 saturated heterocycles. The minimum absolute atomic E-state index is 0.00969. The van der Waals surface area contributed by atoms with Crippen molar-refractivity contribution in [3.8, 4) is 0 Å². The van der Waals surface area contributed by atoms with Gasteiger partial charge in [0.15, 0.2) is 0 Å². The van der Waals surface area contributed by atoms with E-state index in [4.69, 9.17) is 11.6 Å². The van der Waals surface area contributed by atoms with Gasteiger partial charge in [-0.2, -0.15) is 0 Å². The van der Waals surface area contributed by atoms with Crippen LogP contribution in [-0.2, 0) is 16.8 Å². The minimum atomic E-state index is 0.00969. The Morgan fingerprint density at radius 1 is 1.17 bits per heavy atom. The fraction of sp³-hybridized carbons (Fsp3) is 0.480. The smallest absolute Gasteiger partial charge is 0.224 e. The van der Waals surface area contributed by atoms with Crippen molar-refractivity contribution in [1.29, 1.82) is 0 Å². The van der Waals surface area contributed by atoms with Gasteiger partial charge in [0.05, 0.1) is 12.0 Å². The van der Waals surface area contributed by atoms with Crippen molar-refractivity contribution in [3.63, 3.8) is 0 Å². The number of carbonyl (C=O) groups excluding carboxylic acids is 1. The Hall–Kier alpha value is -1.84. The quantitative estimate of drug-likeness (QED) is 0.680. The van der Waals surface area contributed by atoms with Crippen molar-refractivity contribution in [2.45, 2.75) is 58.5 Å². The summed E-state index contributed by atoms with van der Waals surface area (Å²) in [5.41, 5.74) is 3.72. The molecule has 1 heterocycles. The number of benzene rings is 2. The fourth-order valence-electron chi connectivity index (χ4n) is 3.97. The molecule has 1 amide bonds. The first-order valence-corrected chi connectivity index (χ1v) is 11.0. The predicted octanol–water partition coefficient (Wildman–Crippen LogP) is 5.73. The fourth-order valence-corrected chi connectivity index (χ4v) is 4.16. The third kappa shape index (κ3) is 5.83. The number of hydrogen-bond donors (Lipinski definition) is 1. The monoisotopic (exact) mass is 412 g/mol. The standard InChI is InChI=1S/C25H33ClN2O/c1-18(19-11-13-22(14-12-19)25(2,3)4)27-24(29)21-9-7-15-28(17-21)16-20-8-5-6-10-23(20)26/h5-6,8,10-14,18,21H,7,9,15-17H2,1-4H3,(H,27,29). The molecule has 1 aliphatic heterocycles. The van der Waals surface area contributed by atoms with Gasteiger partial charge >= 0.3 is 0 Å². The van der Waals surface area contributed by atoms with Gasteiger partial charge in [-0.3, -0.25) is 9.69 Å². The second kappa shape index (κ2) is 9.32. The summed E-state index contributed by atoms with van der Waals surface area (Å²) >= 11 is 6.31. The predicted molar refractivity (Wildman–Crippen MR) is 121 cm³/mol. The molecule has 3 rings (SSSR count). The normalized spacial score (nSPS) is 19.0. The van der Waals surface area contributed by atoms with Gasteiger partial charge in [-0.15, -0.1) is 0 Å². The summed E-state index contributed by atoms with van der Waals surface area (Å²) < 4.78 is 0. The highest BCUT2D eigenvalue weighted by Gasteiger charge is 2.27. The van der Waals surface area contributed by atoms with E-state index in [1.54, 1.807) is 0 Å². The molecule has 2 unspecified atom stereocenters. The Kier molecular flexibility index (Phi) is 7.02. The summed E-state index contributed by atoms with van der Waals surface area (Å²) in [7, 11) is 0. The maximum atomic E-state index is 12.9. The van der Waals surface area contributed by atoms with Crippen LogP contribution < -0.4 is 5.32 Å². The van der Waals surface area contributed by atoms with E-state index < -0.39 is 0 Å². The van der Waals surface area contributed by atoms with Crippen LogP contribution in [0.3, 0.4) is 0 Å². The Balaban J connectivity index is 1.57. The Bertz CT molecular complexity index is 825. The Labute approximate surface area is 180 Å². The van der Waals surface area contributed by atoms with Crippen LogP contribution in [-0.4, -0.2) is 23.9 Å². The molecule has 1 fully saturated rings. The lowest BCUT2D eigenvalue weighted by Gasteiger charge is -2.33. The highest BCUT2D eigenvalue weighted by molar-refractivity contribution is 6.31. The summed E-state index contributed by atoms with van der Waals surface area (Å²) in [5.74, 6) is 0.184. The van der Waals surface area contributed by atoms with Crippen molar-refractivity contribution in [2.75, 3.05) is 13.1 Å². The van der Waals surface area contributed by atoms with Gasteiger partial charge in [-0.25, -0.2) is 0 Å². The van der Waals surface area contributed by atoms with Gasteiger partial charge < -0.3 is 5.32 Å². The summed E-state index contributed by atoms with van der Waals surface area (Å²) in [4.78, 5) is 15.3. The molecule has 2 aromatic carbocycles. The number of nitrogens with one attached hydrogen (secondary N) is 1. The van der Waals surface area contributed by atoms with E-state index in [0.29, 0.717) is 0 Å². The summed E-state index contributed by atoms with van der Waals surface area (Å²) in [6.45, 7) is 11.3. The van der Waals surface area contributed by atoms with Gasteiger partial charge in [0.1, 0.15) is 0 Å². The van der Waals surface area contributed by atoms with Gasteiger partial charge in [0.25, 0.3) is 0 Å². The number of hydrogen-bond acceptors (Lipinski definition) is 2. The zero-order valence-electron chi connectivity index (χ0n) is 18.0. The lowest BCUT2D eigenvalue weighted by Crippen LogP contribution is -2.43. The van der Waals surface area contributed by atoms with Crippen molar-refractivity contribution in [3.05, 3.63) is 70.2 Å². The first kappa shape index (κ1) is 21.9. The minimum Gasteiger partial charge on any atom is -0.349 e. The van der Waals surface area contributed by atoms with Crippen LogP contribution in [0, 0.1) is 5.92 Å². The third-order valence-electron chi connectivity index (χ3n) is 5.86. The molecule has 0 radical (unpaired) electrons. The highest BCUT2D eigenvalue weighted by atomic mass is 35.5. The molecule has 2 aromatic rings. The van der Waals surface area contributed by atoms with Crippen LogP contribution >= 0.6 is 11.6 Å². The molecule has 4 heteroatoms. The molecule has 1 N–H and O–H groups in total. The molecule has 0 aliphatic carbocycles. The van der Waals surface area contributed by atoms with Crippen molar-refractivity contribution in [2.24, 2.45) is 5.92 Å². The second-order valence-electron chi connectivity index (χ2n) is 9.27. The number of piperidine rings is 1. The summed E-state index contributed by atoms with van der Waals surface area (Å²) in [6.07, 6.45) is 1.98. The summed E-state index contributed by atoms with van der Waals surface area (Å²) in [5, 5.41) is 4.03. The van der Waals surface area contributed by atoms with E-state index in [1.165, 1.54) is 5.56 Å². The topological polar surface area (TPSA) is 32.3 Å². The van der Waals surface area contributed by atoms with E-state index in [1.807, 2.05) is 18.2 Å². The zero-order valence-corrected chi connectivity index (χ0v) is 18.8. The number of likely N-dealkylation sites (tertiary alicyclic amines) is 1. The van der Waals surface area contributed by atoms with Crippen molar-refractivity contribution >= 4 is 17.5 Å². The lowest BCUT2D eigenvalue weighted by molar-refractivity contribution is -0.127. The van der Waals surface area contributed by atoms with Crippen molar-refractivity contribution in [1.82, 2.24) is 10.2 Å². The molecule has 0 spiro atoms. The number of rotatable bonds is 5. The van der Waals surface area contributed by atoms with Crippen LogP contribution in [0.4, 0.5) is 0 Å². The number of nitrogens with zero attached hydrogens (tertiary/aromatic N) is 1. The van der Waals surface area contributed by atoms with Gasteiger partial charge in [-0.1, -0.05) is 74.8 Å². The molecular weight excluding hydrogens is 380 g/mol. The SMILES string of the molecule is CC(NC(=O)C1CCCN(Cc2ccccc2Cl)C1)c1ccc(C(C)(C)C)cc1. The molecule has 29 heavy (non-hydrogen) atoms. The third-order valence-corrected chi connectivity index (χ3v) is 6.23. The van der Waals surface area contributed by atoms with Crippen LogP contribution in [0.2, 0.25) is 5.02 Å². The number of amides is 1. The van der Waals surface area contributed by atoms with E-state index in [0.717, 1.165) is 48.6 Å². The molecule has 3 nitrogen and oxygen atoms in total. The largest absolute Gasteiger partial charge is 0.349 e. The van der Waals surface area contributed by atoms with Crippen LogP contribution in [0.5, 0.6) is 0 Å². The first-order chi connectivity index (χ1) is 13.7. The Morgan fingerprint density at radius 2 is 1.86 bits per heavy atom. The second-order valence-corrected chi connectivity index (χ2v) is 9.68. The van der Waals surface area contributed by atoms with E-state index in [-0.39, 0.29) is 23.3 Å². The molecular formula is C25H33ClN2O. The molecule has 0 bridgehead atoms. The zero-order chi connectivity index (χ0) is 21.0. The summed E-state index contributed by atoms with van der Waals surface area (Å²) in [6, 6.07) is 16.6. The van der Waals surface area contributed by atoms with Crippen LogP contribution in [0.25, 0.3) is 0 Å². The van der Waals surface area contributed by atoms with E-state index >= 15 is 0 Å². The van der Waals surface area contributed by atoms with Crippen LogP contribution in [0.15, 0.2) is 48.5 Å². The molecule has 2 atom stereocenters. The molecule has 0 saturated carbocycles. The molecule has 156 valence electrons. The van der Waals surface area contributed by atoms with E-state index in [2.05, 4.69) is 68.2 Å². The lowest BCUT2D eigenvalue weighted by atomic mass is 9.86. The van der Waals surface area contributed by atoms with E-state index in [9.17, 15) is 4.79 Å². The van der Waals surface area contributed by atoms with Gasteiger partial charge in [0, 0.05) is 18.1 Å². The first-order valence-electron chi connectivity index (χ1n) is 10.6. The highest BCUT2D eigenvalue weighted by Crippen LogP contribution is 2.25. The van der Waals surface area contributed by atoms with Gasteiger partial charge in [-0.05, 0) is 54.5 Å². The number of halogens is 1. The molecule has 1 aliphatic rings. The average Bonchev–Trinajstić information content (AvgIpc) is 2.69. The Morgan fingerprint density at radius 3 is 2.52 bits per heavy atom.